The summed E-state index contributed by atoms with van der Waals surface area (Å²) in [6.45, 7) is 0.172. The lowest BCUT2D eigenvalue weighted by atomic mass is 10.2. The Balaban J connectivity index is 1.69. The van der Waals surface area contributed by atoms with Crippen molar-refractivity contribution < 1.29 is 19.0 Å². The number of nitrogens with zero attached hydrogens (tertiary/aromatic N) is 1. The Kier molecular flexibility index (Phi) is 5.15. The third kappa shape index (κ3) is 3.82. The van der Waals surface area contributed by atoms with E-state index in [2.05, 4.69) is 10.6 Å². The second-order valence-electron chi connectivity index (χ2n) is 5.19. The Morgan fingerprint density at radius 2 is 2.00 bits per heavy atom. The number of anilines is 2. The van der Waals surface area contributed by atoms with Crippen LogP contribution in [0.3, 0.4) is 0 Å². The molecule has 0 bridgehead atoms. The minimum absolute atomic E-state index is 0.102. The second kappa shape index (κ2) is 7.68. The third-order valence-electron chi connectivity index (χ3n) is 3.53. The predicted molar refractivity (Wildman–Crippen MR) is 96.5 cm³/mol. The van der Waals surface area contributed by atoms with Gasteiger partial charge in [-0.1, -0.05) is 11.6 Å². The van der Waals surface area contributed by atoms with Crippen molar-refractivity contribution in [3.05, 3.63) is 53.2 Å². The molecule has 132 valence electrons. The Labute approximate surface area is 154 Å². The van der Waals surface area contributed by atoms with Crippen LogP contribution in [0.1, 0.15) is 0 Å². The van der Waals surface area contributed by atoms with Gasteiger partial charge in [0.05, 0.1) is 12.1 Å². The lowest BCUT2D eigenvalue weighted by molar-refractivity contribution is -0.112. The molecule has 1 heterocycles. The van der Waals surface area contributed by atoms with Crippen LogP contribution in [0.25, 0.3) is 0 Å². The van der Waals surface area contributed by atoms with Crippen molar-refractivity contribution in [3.63, 3.8) is 0 Å². The summed E-state index contributed by atoms with van der Waals surface area (Å²) < 4.78 is 15.6. The molecule has 1 amide bonds. The number of ether oxygens (including phenoxy) is 3. The number of carbonyl (C=O) groups excluding carboxylic acids is 1. The average Bonchev–Trinajstić information content (AvgIpc) is 3.10. The van der Waals surface area contributed by atoms with Crippen molar-refractivity contribution >= 4 is 28.9 Å². The number of rotatable bonds is 5. The molecule has 8 heteroatoms. The largest absolute Gasteiger partial charge is 0.495 e. The quantitative estimate of drug-likeness (QED) is 0.617. The van der Waals surface area contributed by atoms with Crippen molar-refractivity contribution in [1.29, 1.82) is 5.26 Å². The van der Waals surface area contributed by atoms with E-state index >= 15 is 0 Å². The van der Waals surface area contributed by atoms with Gasteiger partial charge in [-0.2, -0.15) is 5.26 Å². The number of carbonyl (C=O) groups is 1. The number of nitrogens with one attached hydrogen (secondary N) is 2. The standard InChI is InChI=1S/C18H14ClN3O4/c1-24-15-4-3-13(6-14(15)19)22-18(23)11(8-20)9-21-12-2-5-16-17(7-12)26-10-25-16/h2-7,9,21H,10H2,1H3,(H,22,23)/b11-9-. The molecule has 0 radical (unpaired) electrons. The van der Waals surface area contributed by atoms with Gasteiger partial charge in [0.25, 0.3) is 5.91 Å². The molecule has 2 N–H and O–H groups in total. The van der Waals surface area contributed by atoms with Crippen LogP contribution in [-0.2, 0) is 4.79 Å². The Hall–Kier alpha value is -3.37. The molecule has 0 aromatic heterocycles. The molecule has 0 aliphatic carbocycles. The summed E-state index contributed by atoms with van der Waals surface area (Å²) in [6, 6.07) is 11.9. The Morgan fingerprint density at radius 1 is 1.23 bits per heavy atom. The molecule has 1 aliphatic heterocycles. The summed E-state index contributed by atoms with van der Waals surface area (Å²) in [5, 5.41) is 15.1. The molecule has 0 spiro atoms. The van der Waals surface area contributed by atoms with Gasteiger partial charge in [-0.05, 0) is 30.3 Å². The number of nitriles is 1. The molecular weight excluding hydrogens is 358 g/mol. The van der Waals surface area contributed by atoms with E-state index in [1.54, 1.807) is 36.4 Å². The summed E-state index contributed by atoms with van der Waals surface area (Å²) in [5.74, 6) is 1.17. The van der Waals surface area contributed by atoms with Crippen LogP contribution in [0.5, 0.6) is 17.2 Å². The van der Waals surface area contributed by atoms with Gasteiger partial charge in [0, 0.05) is 23.6 Å². The van der Waals surface area contributed by atoms with Gasteiger partial charge in [-0.3, -0.25) is 4.79 Å². The van der Waals surface area contributed by atoms with Gasteiger partial charge in [0.2, 0.25) is 6.79 Å². The van der Waals surface area contributed by atoms with Gasteiger partial charge in [0.15, 0.2) is 11.5 Å². The van der Waals surface area contributed by atoms with Crippen LogP contribution in [0.4, 0.5) is 11.4 Å². The first-order valence-electron chi connectivity index (χ1n) is 7.52. The molecule has 0 saturated carbocycles. The first-order valence-corrected chi connectivity index (χ1v) is 7.90. The van der Waals surface area contributed by atoms with Crippen molar-refractivity contribution in [1.82, 2.24) is 0 Å². The molecule has 2 aromatic rings. The van der Waals surface area contributed by atoms with Crippen LogP contribution in [-0.4, -0.2) is 19.8 Å². The Bertz CT molecular complexity index is 921. The lowest BCUT2D eigenvalue weighted by Crippen LogP contribution is -2.14. The molecule has 3 rings (SSSR count). The number of halogens is 1. The van der Waals surface area contributed by atoms with Crippen LogP contribution < -0.4 is 24.8 Å². The number of fused-ring (bicyclic) bond motifs is 1. The molecule has 7 nitrogen and oxygen atoms in total. The van der Waals surface area contributed by atoms with E-state index < -0.39 is 5.91 Å². The maximum atomic E-state index is 12.3. The normalized spacial score (nSPS) is 12.3. The van der Waals surface area contributed by atoms with Crippen LogP contribution >= 0.6 is 11.6 Å². The van der Waals surface area contributed by atoms with Gasteiger partial charge >= 0.3 is 0 Å². The van der Waals surface area contributed by atoms with Crippen molar-refractivity contribution in [2.45, 2.75) is 0 Å². The summed E-state index contributed by atoms with van der Waals surface area (Å²) in [4.78, 5) is 12.3. The summed E-state index contributed by atoms with van der Waals surface area (Å²) >= 11 is 6.02. The zero-order chi connectivity index (χ0) is 18.5. The van der Waals surface area contributed by atoms with Gasteiger partial charge in [-0.15, -0.1) is 0 Å². The van der Waals surface area contributed by atoms with Gasteiger partial charge in [-0.25, -0.2) is 0 Å². The molecule has 1 aliphatic rings. The molecule has 0 atom stereocenters. The minimum Gasteiger partial charge on any atom is -0.495 e. The van der Waals surface area contributed by atoms with Crippen molar-refractivity contribution in [2.75, 3.05) is 24.5 Å². The highest BCUT2D eigenvalue weighted by Crippen LogP contribution is 2.34. The third-order valence-corrected chi connectivity index (χ3v) is 3.83. The maximum Gasteiger partial charge on any atom is 0.267 e. The SMILES string of the molecule is COc1ccc(NC(=O)/C(C#N)=C\Nc2ccc3c(c2)OCO3)cc1Cl. The van der Waals surface area contributed by atoms with Gasteiger partial charge < -0.3 is 24.8 Å². The fourth-order valence-corrected chi connectivity index (χ4v) is 2.49. The molecule has 26 heavy (non-hydrogen) atoms. The molecule has 0 saturated heterocycles. The molecule has 0 fully saturated rings. The number of amides is 1. The van der Waals surface area contributed by atoms with Crippen molar-refractivity contribution in [2.24, 2.45) is 0 Å². The molecule has 0 unspecified atom stereocenters. The first kappa shape index (κ1) is 17.5. The van der Waals surface area contributed by atoms with E-state index in [9.17, 15) is 10.1 Å². The second-order valence-corrected chi connectivity index (χ2v) is 5.59. The topological polar surface area (TPSA) is 92.6 Å². The first-order chi connectivity index (χ1) is 12.6. The zero-order valence-corrected chi connectivity index (χ0v) is 14.5. The highest BCUT2D eigenvalue weighted by molar-refractivity contribution is 6.32. The fraction of sp³-hybridized carbons (Fsp3) is 0.111. The number of hydrogen-bond acceptors (Lipinski definition) is 6. The van der Waals surface area contributed by atoms with E-state index in [0.717, 1.165) is 0 Å². The maximum absolute atomic E-state index is 12.3. The van der Waals surface area contributed by atoms with Crippen LogP contribution in [0.2, 0.25) is 5.02 Å². The highest BCUT2D eigenvalue weighted by atomic mass is 35.5. The van der Waals surface area contributed by atoms with Crippen LogP contribution in [0.15, 0.2) is 48.2 Å². The highest BCUT2D eigenvalue weighted by Gasteiger charge is 2.14. The average molecular weight is 372 g/mol. The smallest absolute Gasteiger partial charge is 0.267 e. The summed E-state index contributed by atoms with van der Waals surface area (Å²) in [5.41, 5.74) is 1.00. The van der Waals surface area contributed by atoms with E-state index in [1.165, 1.54) is 13.3 Å². The minimum atomic E-state index is -0.568. The number of hydrogen-bond donors (Lipinski definition) is 2. The number of methoxy groups -OCH3 is 1. The fourth-order valence-electron chi connectivity index (χ4n) is 2.23. The summed E-state index contributed by atoms with van der Waals surface area (Å²) in [6.07, 6.45) is 1.32. The van der Waals surface area contributed by atoms with E-state index in [1.807, 2.05) is 6.07 Å². The monoisotopic (exact) mass is 371 g/mol. The molecular formula is C18H14ClN3O4. The predicted octanol–water partition coefficient (Wildman–Crippen LogP) is 3.54. The zero-order valence-electron chi connectivity index (χ0n) is 13.7. The summed E-state index contributed by atoms with van der Waals surface area (Å²) in [7, 11) is 1.50. The van der Waals surface area contributed by atoms with E-state index in [0.29, 0.717) is 33.6 Å². The van der Waals surface area contributed by atoms with Crippen LogP contribution in [0, 0.1) is 11.3 Å². The van der Waals surface area contributed by atoms with Gasteiger partial charge in [0.1, 0.15) is 17.4 Å². The van der Waals surface area contributed by atoms with E-state index in [4.69, 9.17) is 25.8 Å². The van der Waals surface area contributed by atoms with E-state index in [-0.39, 0.29) is 12.4 Å². The van der Waals surface area contributed by atoms with Crippen molar-refractivity contribution in [3.8, 4) is 23.3 Å². The Morgan fingerprint density at radius 3 is 2.73 bits per heavy atom. The molecule has 2 aromatic carbocycles. The lowest BCUT2D eigenvalue weighted by Gasteiger charge is -2.08. The number of benzene rings is 2.